The number of nitrogens with zero attached hydrogens (tertiary/aromatic N) is 1. The molecule has 0 amide bonds. The summed E-state index contributed by atoms with van der Waals surface area (Å²) < 4.78 is 18.4. The van der Waals surface area contributed by atoms with Gasteiger partial charge in [-0.3, -0.25) is 4.57 Å². The van der Waals surface area contributed by atoms with Gasteiger partial charge in [-0.05, 0) is 32.1 Å². The molecule has 2 unspecified atom stereocenters. The van der Waals surface area contributed by atoms with E-state index in [1.54, 1.807) is 0 Å². The van der Waals surface area contributed by atoms with Gasteiger partial charge in [0.1, 0.15) is 0 Å². The van der Waals surface area contributed by atoms with Gasteiger partial charge < -0.3 is 13.9 Å². The number of hydrogen-bond donors (Lipinski definition) is 1. The van der Waals surface area contributed by atoms with E-state index in [-0.39, 0.29) is 5.78 Å². The lowest BCUT2D eigenvalue weighted by atomic mass is 10.0. The average molecular weight is 517 g/mol. The molecule has 0 aromatic heterocycles. The van der Waals surface area contributed by atoms with E-state index in [9.17, 15) is 9.46 Å². The average Bonchev–Trinajstić information content (AvgIpc) is 2.78. The number of unbranched alkanes of at least 4 members (excludes halogenated alkanes) is 18. The van der Waals surface area contributed by atoms with Gasteiger partial charge in [-0.2, -0.15) is 0 Å². The first-order valence-corrected chi connectivity index (χ1v) is 16.8. The topological polar surface area (TPSA) is 46.5 Å². The fraction of sp³-hybridized carbons (Fsp3) is 0.933. The fourth-order valence-electron chi connectivity index (χ4n) is 4.91. The zero-order chi connectivity index (χ0) is 26.3. The largest absolute Gasteiger partial charge is 0.385 e. The van der Waals surface area contributed by atoms with Crippen LogP contribution in [-0.4, -0.2) is 42.9 Å². The molecule has 5 heteroatoms. The van der Waals surface area contributed by atoms with Crippen molar-refractivity contribution < 1.29 is 18.5 Å². The van der Waals surface area contributed by atoms with Crippen LogP contribution in [0.1, 0.15) is 149 Å². The van der Waals surface area contributed by atoms with Crippen LogP contribution < -0.4 is 0 Å². The molecule has 0 heterocycles. The van der Waals surface area contributed by atoms with E-state index in [1.165, 1.54) is 116 Å². The van der Waals surface area contributed by atoms with Crippen molar-refractivity contribution in [1.82, 2.24) is 0 Å². The molecule has 0 radical (unpaired) electrons. The van der Waals surface area contributed by atoms with Crippen LogP contribution in [0.15, 0.2) is 12.2 Å². The molecule has 0 spiro atoms. The van der Waals surface area contributed by atoms with Crippen LogP contribution in [-0.2, 0) is 9.09 Å². The molecule has 4 nitrogen and oxygen atoms in total. The SMILES string of the molecule is CCCCCCC=CCCCCCCCCCCCCCCCCOP(=O)(O)C(CC)[N+](C)(C)C. The first-order valence-electron chi connectivity index (χ1n) is 15.2. The van der Waals surface area contributed by atoms with Gasteiger partial charge in [0.2, 0.25) is 0 Å². The minimum absolute atomic E-state index is 0.348. The smallest absolute Gasteiger partial charge is 0.320 e. The third-order valence-electron chi connectivity index (χ3n) is 7.07. The zero-order valence-corrected chi connectivity index (χ0v) is 25.3. The van der Waals surface area contributed by atoms with Crippen molar-refractivity contribution >= 4 is 7.60 Å². The van der Waals surface area contributed by atoms with Crippen molar-refractivity contribution in [3.63, 3.8) is 0 Å². The number of quaternary nitrogens is 1. The van der Waals surface area contributed by atoms with Crippen molar-refractivity contribution in [1.29, 1.82) is 0 Å². The Morgan fingerprint density at radius 3 is 1.40 bits per heavy atom. The molecule has 2 atom stereocenters. The lowest BCUT2D eigenvalue weighted by Gasteiger charge is -2.35. The van der Waals surface area contributed by atoms with Crippen molar-refractivity contribution in [3.05, 3.63) is 12.2 Å². The maximum absolute atomic E-state index is 12.5. The van der Waals surface area contributed by atoms with Crippen LogP contribution in [0.3, 0.4) is 0 Å². The monoisotopic (exact) mass is 516 g/mol. The second-order valence-corrected chi connectivity index (χ2v) is 13.4. The molecular formula is C30H63NO3P+. The van der Waals surface area contributed by atoms with Gasteiger partial charge in [0.05, 0.1) is 27.7 Å². The molecule has 0 saturated heterocycles. The highest BCUT2D eigenvalue weighted by atomic mass is 31.2. The summed E-state index contributed by atoms with van der Waals surface area (Å²) in [4.78, 5) is 10.3. The van der Waals surface area contributed by atoms with E-state index < -0.39 is 7.60 Å². The molecule has 0 aromatic rings. The predicted octanol–water partition coefficient (Wildman–Crippen LogP) is 10.0. The Morgan fingerprint density at radius 2 is 1.03 bits per heavy atom. The highest BCUT2D eigenvalue weighted by molar-refractivity contribution is 7.53. The normalized spacial score (nSPS) is 15.0. The van der Waals surface area contributed by atoms with Gasteiger partial charge in [0.25, 0.3) is 0 Å². The summed E-state index contributed by atoms with van der Waals surface area (Å²) >= 11 is 0. The Morgan fingerprint density at radius 1 is 0.657 bits per heavy atom. The molecule has 0 fully saturated rings. The van der Waals surface area contributed by atoms with Gasteiger partial charge in [-0.1, -0.05) is 122 Å². The van der Waals surface area contributed by atoms with Crippen molar-refractivity contribution in [2.45, 2.75) is 154 Å². The summed E-state index contributed by atoms with van der Waals surface area (Å²) in [6.07, 6.45) is 31.8. The summed E-state index contributed by atoms with van der Waals surface area (Å²) in [7, 11) is 2.32. The first kappa shape index (κ1) is 34.9. The number of rotatable bonds is 26. The minimum Gasteiger partial charge on any atom is -0.320 e. The Kier molecular flexibility index (Phi) is 22.9. The van der Waals surface area contributed by atoms with E-state index in [0.717, 1.165) is 12.8 Å². The summed E-state index contributed by atoms with van der Waals surface area (Å²) in [5, 5.41) is 0. The van der Waals surface area contributed by atoms with E-state index >= 15 is 0 Å². The Labute approximate surface area is 220 Å². The van der Waals surface area contributed by atoms with Gasteiger partial charge in [0, 0.05) is 6.42 Å². The molecule has 0 aliphatic rings. The third kappa shape index (κ3) is 21.6. The van der Waals surface area contributed by atoms with Gasteiger partial charge in [-0.25, -0.2) is 0 Å². The van der Waals surface area contributed by atoms with Crippen LogP contribution in [0, 0.1) is 0 Å². The zero-order valence-electron chi connectivity index (χ0n) is 24.4. The molecule has 1 N–H and O–H groups in total. The lowest BCUT2D eigenvalue weighted by molar-refractivity contribution is -0.883. The third-order valence-corrected chi connectivity index (χ3v) is 9.43. The van der Waals surface area contributed by atoms with Crippen molar-refractivity contribution in [2.75, 3.05) is 27.7 Å². The van der Waals surface area contributed by atoms with Gasteiger partial charge in [-0.15, -0.1) is 0 Å². The predicted molar refractivity (Wildman–Crippen MR) is 155 cm³/mol. The molecule has 35 heavy (non-hydrogen) atoms. The van der Waals surface area contributed by atoms with E-state index in [1.807, 2.05) is 28.1 Å². The Bertz CT molecular complexity index is 530. The van der Waals surface area contributed by atoms with Crippen molar-refractivity contribution in [2.24, 2.45) is 0 Å². The van der Waals surface area contributed by atoms with Crippen LogP contribution in [0.4, 0.5) is 0 Å². The molecule has 0 aromatic carbocycles. The van der Waals surface area contributed by atoms with Gasteiger partial charge in [0.15, 0.2) is 5.78 Å². The minimum atomic E-state index is -3.55. The summed E-state index contributed by atoms with van der Waals surface area (Å²) in [6.45, 7) is 4.63. The molecule has 0 saturated carbocycles. The summed E-state index contributed by atoms with van der Waals surface area (Å²) in [5.41, 5.74) is 0. The maximum atomic E-state index is 12.5. The molecule has 0 rings (SSSR count). The highest BCUT2D eigenvalue weighted by Gasteiger charge is 2.41. The summed E-state index contributed by atoms with van der Waals surface area (Å²) in [6, 6.07) is 0. The molecule has 0 aliphatic heterocycles. The van der Waals surface area contributed by atoms with Crippen LogP contribution in [0.5, 0.6) is 0 Å². The highest BCUT2D eigenvalue weighted by Crippen LogP contribution is 2.51. The van der Waals surface area contributed by atoms with E-state index in [0.29, 0.717) is 17.5 Å². The number of allylic oxidation sites excluding steroid dienone is 2. The standard InChI is InChI=1S/C30H62NO3P/c1-6-8-9-10-11-12-13-14-15-16-17-18-19-20-21-22-23-24-25-26-27-28-29-34-35(32,33)30(7-2)31(3,4)5/h12-13,30H,6-11,14-29H2,1-5H3/p+1. The molecule has 0 bridgehead atoms. The Hall–Kier alpha value is -0.150. The fourth-order valence-corrected chi connectivity index (χ4v) is 6.81. The lowest BCUT2D eigenvalue weighted by Crippen LogP contribution is -2.44. The van der Waals surface area contributed by atoms with Crippen LogP contribution in [0.2, 0.25) is 0 Å². The van der Waals surface area contributed by atoms with E-state index in [2.05, 4.69) is 19.1 Å². The van der Waals surface area contributed by atoms with Crippen molar-refractivity contribution in [3.8, 4) is 0 Å². The molecular weight excluding hydrogens is 453 g/mol. The summed E-state index contributed by atoms with van der Waals surface area (Å²) in [5.74, 6) is -0.348. The number of hydrogen-bond acceptors (Lipinski definition) is 2. The van der Waals surface area contributed by atoms with E-state index in [4.69, 9.17) is 4.52 Å². The first-order chi connectivity index (χ1) is 16.8. The Balaban J connectivity index is 3.37. The second-order valence-electron chi connectivity index (χ2n) is 11.5. The molecule has 210 valence electrons. The maximum Gasteiger partial charge on any atom is 0.385 e. The molecule has 0 aliphatic carbocycles. The quantitative estimate of drug-likeness (QED) is 0.0538. The van der Waals surface area contributed by atoms with Crippen LogP contribution >= 0.6 is 7.60 Å². The second kappa shape index (κ2) is 23.0. The van der Waals surface area contributed by atoms with Crippen LogP contribution in [0.25, 0.3) is 0 Å². The van der Waals surface area contributed by atoms with Gasteiger partial charge >= 0.3 is 7.60 Å².